The van der Waals surface area contributed by atoms with Crippen LogP contribution in [0, 0.1) is 6.92 Å². The lowest BCUT2D eigenvalue weighted by molar-refractivity contribution is 0.112. The van der Waals surface area contributed by atoms with Crippen molar-refractivity contribution in [3.8, 4) is 11.5 Å². The van der Waals surface area contributed by atoms with Crippen molar-refractivity contribution in [2.75, 3.05) is 0 Å². The number of hydrogen-bond donors (Lipinski definition) is 0. The van der Waals surface area contributed by atoms with Crippen molar-refractivity contribution >= 4 is 22.2 Å². The van der Waals surface area contributed by atoms with Crippen LogP contribution in [0.15, 0.2) is 41.1 Å². The molecule has 1 aromatic heterocycles. The number of carbonyl (C=O) groups is 1. The normalized spacial score (nSPS) is 10.0. The van der Waals surface area contributed by atoms with E-state index in [4.69, 9.17) is 4.74 Å². The summed E-state index contributed by atoms with van der Waals surface area (Å²) < 4.78 is 6.51. The molecule has 0 unspecified atom stereocenters. The molecule has 1 aromatic carbocycles. The van der Waals surface area contributed by atoms with Gasteiger partial charge in [-0.1, -0.05) is 6.07 Å². The van der Waals surface area contributed by atoms with Gasteiger partial charge in [-0.3, -0.25) is 9.78 Å². The zero-order chi connectivity index (χ0) is 12.3. The third kappa shape index (κ3) is 2.91. The predicted octanol–water partition coefficient (Wildman–Crippen LogP) is 3.76. The number of ether oxygens (including phenoxy) is 1. The van der Waals surface area contributed by atoms with Gasteiger partial charge in [-0.25, -0.2) is 0 Å². The van der Waals surface area contributed by atoms with E-state index in [0.717, 1.165) is 16.3 Å². The maximum atomic E-state index is 10.6. The molecule has 3 nitrogen and oxygen atoms in total. The standard InChI is InChI=1S/C13H10BrNO2/c1-9-2-3-13(12(14)4-9)17-11-5-10(8-16)6-15-7-11/h2-8H,1H3. The average Bonchev–Trinajstić information content (AvgIpc) is 2.33. The summed E-state index contributed by atoms with van der Waals surface area (Å²) in [6.07, 6.45) is 3.80. The fraction of sp³-hybridized carbons (Fsp3) is 0.0769. The van der Waals surface area contributed by atoms with Crippen LogP contribution in [0.4, 0.5) is 0 Å². The Bertz CT molecular complexity index is 555. The SMILES string of the molecule is Cc1ccc(Oc2cncc(C=O)c2)c(Br)c1. The number of aryl methyl sites for hydroxylation is 1. The molecule has 0 fully saturated rings. The summed E-state index contributed by atoms with van der Waals surface area (Å²) >= 11 is 3.43. The highest BCUT2D eigenvalue weighted by Crippen LogP contribution is 2.30. The maximum absolute atomic E-state index is 10.6. The Morgan fingerprint density at radius 3 is 2.82 bits per heavy atom. The molecule has 0 saturated heterocycles. The molecule has 0 spiro atoms. The third-order valence-corrected chi connectivity index (χ3v) is 2.81. The Morgan fingerprint density at radius 2 is 2.12 bits per heavy atom. The first-order valence-corrected chi connectivity index (χ1v) is 5.82. The molecule has 0 aliphatic carbocycles. The molecular weight excluding hydrogens is 282 g/mol. The zero-order valence-corrected chi connectivity index (χ0v) is 10.8. The van der Waals surface area contributed by atoms with E-state index in [0.29, 0.717) is 17.1 Å². The fourth-order valence-corrected chi connectivity index (χ4v) is 1.95. The molecule has 0 amide bonds. The van der Waals surface area contributed by atoms with Gasteiger partial charge in [-0.05, 0) is 46.6 Å². The molecule has 2 aromatic rings. The van der Waals surface area contributed by atoms with Crippen molar-refractivity contribution in [3.63, 3.8) is 0 Å². The Morgan fingerprint density at radius 1 is 1.29 bits per heavy atom. The molecule has 0 atom stereocenters. The Hall–Kier alpha value is -1.68. The van der Waals surface area contributed by atoms with E-state index in [-0.39, 0.29) is 0 Å². The largest absolute Gasteiger partial charge is 0.455 e. The van der Waals surface area contributed by atoms with Crippen LogP contribution in [0.3, 0.4) is 0 Å². The quantitative estimate of drug-likeness (QED) is 0.809. The topological polar surface area (TPSA) is 39.2 Å². The van der Waals surface area contributed by atoms with Gasteiger partial charge in [-0.15, -0.1) is 0 Å². The molecule has 0 bridgehead atoms. The zero-order valence-electron chi connectivity index (χ0n) is 9.18. The fourth-order valence-electron chi connectivity index (χ4n) is 1.37. The van der Waals surface area contributed by atoms with Gasteiger partial charge < -0.3 is 4.74 Å². The Kier molecular flexibility index (Phi) is 3.54. The first-order valence-electron chi connectivity index (χ1n) is 5.03. The van der Waals surface area contributed by atoms with E-state index in [1.54, 1.807) is 12.3 Å². The van der Waals surface area contributed by atoms with Gasteiger partial charge in [0.15, 0.2) is 6.29 Å². The Labute approximate surface area is 108 Å². The number of halogens is 1. The Balaban J connectivity index is 2.27. The van der Waals surface area contributed by atoms with Crippen LogP contribution in [-0.2, 0) is 0 Å². The summed E-state index contributed by atoms with van der Waals surface area (Å²) in [6.45, 7) is 2.00. The lowest BCUT2D eigenvalue weighted by atomic mass is 10.2. The molecule has 86 valence electrons. The molecule has 1 heterocycles. The first-order chi connectivity index (χ1) is 8.19. The first kappa shape index (κ1) is 11.8. The van der Waals surface area contributed by atoms with Crippen molar-refractivity contribution in [3.05, 3.63) is 52.3 Å². The number of nitrogens with zero attached hydrogens (tertiary/aromatic N) is 1. The van der Waals surface area contributed by atoms with Crippen molar-refractivity contribution < 1.29 is 9.53 Å². The van der Waals surface area contributed by atoms with Crippen LogP contribution in [0.2, 0.25) is 0 Å². The summed E-state index contributed by atoms with van der Waals surface area (Å²) in [7, 11) is 0. The second kappa shape index (κ2) is 5.10. The summed E-state index contributed by atoms with van der Waals surface area (Å²) in [4.78, 5) is 14.5. The van der Waals surface area contributed by atoms with E-state index >= 15 is 0 Å². The van der Waals surface area contributed by atoms with Gasteiger partial charge in [0.1, 0.15) is 11.5 Å². The van der Waals surface area contributed by atoms with Crippen LogP contribution >= 0.6 is 15.9 Å². The lowest BCUT2D eigenvalue weighted by Gasteiger charge is -2.08. The van der Waals surface area contributed by atoms with Gasteiger partial charge in [0.2, 0.25) is 0 Å². The number of rotatable bonds is 3. The smallest absolute Gasteiger partial charge is 0.151 e. The summed E-state index contributed by atoms with van der Waals surface area (Å²) in [5.41, 5.74) is 1.63. The van der Waals surface area contributed by atoms with Gasteiger partial charge >= 0.3 is 0 Å². The van der Waals surface area contributed by atoms with E-state index in [1.807, 2.05) is 25.1 Å². The highest BCUT2D eigenvalue weighted by Gasteiger charge is 2.03. The molecular formula is C13H10BrNO2. The van der Waals surface area contributed by atoms with Gasteiger partial charge in [0.25, 0.3) is 0 Å². The van der Waals surface area contributed by atoms with Crippen LogP contribution in [0.1, 0.15) is 15.9 Å². The molecule has 17 heavy (non-hydrogen) atoms. The van der Waals surface area contributed by atoms with E-state index in [1.165, 1.54) is 6.20 Å². The number of pyridine rings is 1. The monoisotopic (exact) mass is 291 g/mol. The summed E-state index contributed by atoms with van der Waals surface area (Å²) in [5.74, 6) is 1.24. The van der Waals surface area contributed by atoms with Gasteiger partial charge in [0, 0.05) is 11.8 Å². The molecule has 0 saturated carbocycles. The molecule has 2 rings (SSSR count). The van der Waals surface area contributed by atoms with Crippen LogP contribution in [0.5, 0.6) is 11.5 Å². The summed E-state index contributed by atoms with van der Waals surface area (Å²) in [5, 5.41) is 0. The number of carbonyl (C=O) groups excluding carboxylic acids is 1. The number of hydrogen-bond acceptors (Lipinski definition) is 3. The minimum atomic E-state index is 0.491. The average molecular weight is 292 g/mol. The molecule has 0 aliphatic heterocycles. The number of aldehydes is 1. The maximum Gasteiger partial charge on any atom is 0.151 e. The summed E-state index contributed by atoms with van der Waals surface area (Å²) in [6, 6.07) is 7.43. The highest BCUT2D eigenvalue weighted by atomic mass is 79.9. The molecule has 4 heteroatoms. The second-order valence-electron chi connectivity index (χ2n) is 3.61. The molecule has 0 aliphatic rings. The predicted molar refractivity (Wildman–Crippen MR) is 68.6 cm³/mol. The number of aromatic nitrogens is 1. The van der Waals surface area contributed by atoms with Crippen LogP contribution in [0.25, 0.3) is 0 Å². The molecule has 0 radical (unpaired) electrons. The van der Waals surface area contributed by atoms with E-state index in [2.05, 4.69) is 20.9 Å². The van der Waals surface area contributed by atoms with E-state index < -0.39 is 0 Å². The van der Waals surface area contributed by atoms with Crippen LogP contribution < -0.4 is 4.74 Å². The number of benzene rings is 1. The van der Waals surface area contributed by atoms with Gasteiger partial charge in [-0.2, -0.15) is 0 Å². The minimum absolute atomic E-state index is 0.491. The van der Waals surface area contributed by atoms with Crippen LogP contribution in [-0.4, -0.2) is 11.3 Å². The highest BCUT2D eigenvalue weighted by molar-refractivity contribution is 9.10. The van der Waals surface area contributed by atoms with Crippen molar-refractivity contribution in [2.24, 2.45) is 0 Å². The minimum Gasteiger partial charge on any atom is -0.455 e. The van der Waals surface area contributed by atoms with Gasteiger partial charge in [0.05, 0.1) is 10.7 Å². The lowest BCUT2D eigenvalue weighted by Crippen LogP contribution is -1.89. The molecule has 0 N–H and O–H groups in total. The van der Waals surface area contributed by atoms with Crippen molar-refractivity contribution in [1.82, 2.24) is 4.98 Å². The van der Waals surface area contributed by atoms with E-state index in [9.17, 15) is 4.79 Å². The third-order valence-electron chi connectivity index (χ3n) is 2.19. The second-order valence-corrected chi connectivity index (χ2v) is 4.46. The van der Waals surface area contributed by atoms with Crippen molar-refractivity contribution in [1.29, 1.82) is 0 Å². The van der Waals surface area contributed by atoms with Crippen molar-refractivity contribution in [2.45, 2.75) is 6.92 Å².